The van der Waals surface area contributed by atoms with Crippen molar-refractivity contribution in [3.05, 3.63) is 59.1 Å². The highest BCUT2D eigenvalue weighted by Crippen LogP contribution is 2.23. The molecule has 8 nitrogen and oxygen atoms in total. The van der Waals surface area contributed by atoms with E-state index in [1.54, 1.807) is 4.90 Å². The predicted octanol–water partition coefficient (Wildman–Crippen LogP) is 1.86. The molecule has 2 fully saturated rings. The summed E-state index contributed by atoms with van der Waals surface area (Å²) in [7, 11) is -3.65. The van der Waals surface area contributed by atoms with Crippen LogP contribution in [0.4, 0.5) is 5.69 Å². The maximum Gasteiger partial charge on any atom is 0.251 e. The highest BCUT2D eigenvalue weighted by Gasteiger charge is 2.28. The lowest BCUT2D eigenvalue weighted by molar-refractivity contribution is -0.130. The molecule has 1 aliphatic carbocycles. The minimum Gasteiger partial charge on any atom is -0.368 e. The number of nitrogens with zero attached hydrogens (tertiary/aromatic N) is 2. The van der Waals surface area contributed by atoms with Crippen LogP contribution >= 0.6 is 11.6 Å². The van der Waals surface area contributed by atoms with Gasteiger partial charge in [-0.05, 0) is 49.2 Å². The third-order valence-corrected chi connectivity index (χ3v) is 7.26. The van der Waals surface area contributed by atoms with Crippen molar-refractivity contribution in [3.8, 4) is 0 Å². The topological polar surface area (TPSA) is 98.8 Å². The van der Waals surface area contributed by atoms with Crippen molar-refractivity contribution < 1.29 is 18.0 Å². The number of hydrogen-bond acceptors (Lipinski definition) is 5. The molecule has 0 atom stereocenters. The Morgan fingerprint density at radius 1 is 1.00 bits per heavy atom. The van der Waals surface area contributed by atoms with Gasteiger partial charge < -0.3 is 15.1 Å². The molecule has 4 rings (SSSR count). The first kappa shape index (κ1) is 22.6. The van der Waals surface area contributed by atoms with Gasteiger partial charge >= 0.3 is 0 Å². The monoisotopic (exact) mass is 476 g/mol. The van der Waals surface area contributed by atoms with Gasteiger partial charge in [0.25, 0.3) is 5.91 Å². The van der Waals surface area contributed by atoms with Crippen LogP contribution in [-0.2, 0) is 14.8 Å². The van der Waals surface area contributed by atoms with Gasteiger partial charge in [-0.15, -0.1) is 0 Å². The molecule has 0 bridgehead atoms. The van der Waals surface area contributed by atoms with Crippen LogP contribution in [0.15, 0.2) is 53.4 Å². The van der Waals surface area contributed by atoms with Crippen molar-refractivity contribution in [1.82, 2.24) is 14.9 Å². The molecule has 170 valence electrons. The van der Waals surface area contributed by atoms with Gasteiger partial charge in [0.1, 0.15) is 0 Å². The Balaban J connectivity index is 1.29. The molecule has 1 saturated carbocycles. The standard InChI is InChI=1S/C22H25ClN4O4S/c23-17-4-2-5-19(14-17)26-9-11-27(12-10-26)21(28)15-24-22(29)16-3-1-6-20(13-16)32(30,31)25-18-7-8-18/h1-6,13-14,18,25H,7-12,15H2,(H,24,29). The van der Waals surface area contributed by atoms with E-state index in [-0.39, 0.29) is 29.0 Å². The van der Waals surface area contributed by atoms with E-state index in [4.69, 9.17) is 11.6 Å². The van der Waals surface area contributed by atoms with Gasteiger partial charge in [-0.25, -0.2) is 13.1 Å². The molecule has 1 aliphatic heterocycles. The molecule has 2 amide bonds. The van der Waals surface area contributed by atoms with Crippen LogP contribution in [0.3, 0.4) is 0 Å². The number of carbonyl (C=O) groups is 2. The lowest BCUT2D eigenvalue weighted by Gasteiger charge is -2.36. The van der Waals surface area contributed by atoms with Gasteiger partial charge in [-0.3, -0.25) is 9.59 Å². The Bertz CT molecular complexity index is 1110. The number of nitrogens with one attached hydrogen (secondary N) is 2. The van der Waals surface area contributed by atoms with E-state index in [9.17, 15) is 18.0 Å². The van der Waals surface area contributed by atoms with Gasteiger partial charge in [0, 0.05) is 48.5 Å². The second kappa shape index (κ2) is 9.48. The largest absolute Gasteiger partial charge is 0.368 e. The number of benzene rings is 2. The molecule has 10 heteroatoms. The summed E-state index contributed by atoms with van der Waals surface area (Å²) in [5.74, 6) is -0.664. The zero-order valence-electron chi connectivity index (χ0n) is 17.5. The first-order valence-corrected chi connectivity index (χ1v) is 12.4. The van der Waals surface area contributed by atoms with Crippen molar-refractivity contribution in [2.24, 2.45) is 0 Å². The summed E-state index contributed by atoms with van der Waals surface area (Å²) < 4.78 is 27.3. The van der Waals surface area contributed by atoms with Crippen LogP contribution in [0, 0.1) is 0 Å². The van der Waals surface area contributed by atoms with Crippen LogP contribution in [0.25, 0.3) is 0 Å². The fourth-order valence-electron chi connectivity index (χ4n) is 3.55. The number of rotatable bonds is 7. The molecule has 32 heavy (non-hydrogen) atoms. The maximum absolute atomic E-state index is 12.6. The predicted molar refractivity (Wildman–Crippen MR) is 122 cm³/mol. The molecule has 0 spiro atoms. The third-order valence-electron chi connectivity index (χ3n) is 5.51. The second-order valence-electron chi connectivity index (χ2n) is 7.95. The zero-order valence-corrected chi connectivity index (χ0v) is 19.0. The van der Waals surface area contributed by atoms with E-state index in [0.29, 0.717) is 31.2 Å². The second-order valence-corrected chi connectivity index (χ2v) is 10.1. The molecular formula is C22H25ClN4O4S. The third kappa shape index (κ3) is 5.59. The molecule has 0 radical (unpaired) electrons. The minimum atomic E-state index is -3.65. The molecule has 1 heterocycles. The molecule has 0 aromatic heterocycles. The molecular weight excluding hydrogens is 452 g/mol. The molecule has 1 saturated heterocycles. The molecule has 2 aromatic rings. The van der Waals surface area contributed by atoms with Gasteiger partial charge in [-0.2, -0.15) is 0 Å². The van der Waals surface area contributed by atoms with Gasteiger partial charge in [0.05, 0.1) is 11.4 Å². The Morgan fingerprint density at radius 3 is 2.41 bits per heavy atom. The summed E-state index contributed by atoms with van der Waals surface area (Å²) in [5, 5.41) is 3.27. The lowest BCUT2D eigenvalue weighted by atomic mass is 10.2. The Labute approximate surface area is 192 Å². The van der Waals surface area contributed by atoms with Crippen LogP contribution in [0.5, 0.6) is 0 Å². The van der Waals surface area contributed by atoms with E-state index in [1.165, 1.54) is 24.3 Å². The van der Waals surface area contributed by atoms with Crippen LogP contribution in [0.2, 0.25) is 5.02 Å². The first-order chi connectivity index (χ1) is 15.3. The molecule has 2 N–H and O–H groups in total. The van der Waals surface area contributed by atoms with Crippen molar-refractivity contribution in [2.75, 3.05) is 37.6 Å². The van der Waals surface area contributed by atoms with E-state index in [1.807, 2.05) is 24.3 Å². The number of piperazine rings is 1. The Kier molecular flexibility index (Phi) is 6.68. The summed E-state index contributed by atoms with van der Waals surface area (Å²) in [6.45, 7) is 2.29. The van der Waals surface area contributed by atoms with E-state index in [2.05, 4.69) is 14.9 Å². The van der Waals surface area contributed by atoms with E-state index in [0.717, 1.165) is 18.5 Å². The Hall–Kier alpha value is -2.62. The number of anilines is 1. The SMILES string of the molecule is O=C(NCC(=O)N1CCN(c2cccc(Cl)c2)CC1)c1cccc(S(=O)(=O)NC2CC2)c1. The van der Waals surface area contributed by atoms with Crippen molar-refractivity contribution in [2.45, 2.75) is 23.8 Å². The zero-order chi connectivity index (χ0) is 22.7. The average molecular weight is 477 g/mol. The van der Waals surface area contributed by atoms with Crippen LogP contribution in [0.1, 0.15) is 23.2 Å². The van der Waals surface area contributed by atoms with E-state index >= 15 is 0 Å². The summed E-state index contributed by atoms with van der Waals surface area (Å²) in [5.41, 5.74) is 1.21. The van der Waals surface area contributed by atoms with Crippen LogP contribution in [-0.4, -0.2) is 63.9 Å². The number of hydrogen-bond donors (Lipinski definition) is 2. The van der Waals surface area contributed by atoms with Gasteiger partial charge in [0.2, 0.25) is 15.9 Å². The molecule has 2 aliphatic rings. The quantitative estimate of drug-likeness (QED) is 0.635. The molecule has 2 aromatic carbocycles. The smallest absolute Gasteiger partial charge is 0.251 e. The van der Waals surface area contributed by atoms with Gasteiger partial charge in [-0.1, -0.05) is 23.7 Å². The highest BCUT2D eigenvalue weighted by molar-refractivity contribution is 7.89. The number of sulfonamides is 1. The Morgan fingerprint density at radius 2 is 1.72 bits per heavy atom. The van der Waals surface area contributed by atoms with Gasteiger partial charge in [0.15, 0.2) is 0 Å². The summed E-state index contributed by atoms with van der Waals surface area (Å²) in [4.78, 5) is 29.0. The molecule has 0 unspecified atom stereocenters. The summed E-state index contributed by atoms with van der Waals surface area (Å²) in [6, 6.07) is 13.4. The van der Waals surface area contributed by atoms with Crippen LogP contribution < -0.4 is 14.9 Å². The maximum atomic E-state index is 12.6. The number of carbonyl (C=O) groups excluding carboxylic acids is 2. The fraction of sp³-hybridized carbons (Fsp3) is 0.364. The lowest BCUT2D eigenvalue weighted by Crippen LogP contribution is -2.51. The summed E-state index contributed by atoms with van der Waals surface area (Å²) >= 11 is 6.06. The normalized spacial score (nSPS) is 16.7. The number of amides is 2. The fourth-order valence-corrected chi connectivity index (χ4v) is 5.08. The van der Waals surface area contributed by atoms with E-state index < -0.39 is 15.9 Å². The highest BCUT2D eigenvalue weighted by atomic mass is 35.5. The summed E-state index contributed by atoms with van der Waals surface area (Å²) in [6.07, 6.45) is 1.66. The van der Waals surface area contributed by atoms with Crippen molar-refractivity contribution in [1.29, 1.82) is 0 Å². The minimum absolute atomic E-state index is 0.0190. The average Bonchev–Trinajstić information content (AvgIpc) is 3.61. The number of halogens is 1. The first-order valence-electron chi connectivity index (χ1n) is 10.5. The van der Waals surface area contributed by atoms with Crippen molar-refractivity contribution >= 4 is 39.1 Å². The van der Waals surface area contributed by atoms with Crippen molar-refractivity contribution in [3.63, 3.8) is 0 Å².